The van der Waals surface area contributed by atoms with Crippen molar-refractivity contribution in [1.29, 1.82) is 0 Å². The normalized spacial score (nSPS) is 7.75. The second-order valence-corrected chi connectivity index (χ2v) is 3.27. The van der Waals surface area contributed by atoms with Crippen molar-refractivity contribution < 1.29 is 34.4 Å². The van der Waals surface area contributed by atoms with Gasteiger partial charge in [-0.05, 0) is 13.8 Å². The fourth-order valence-electron chi connectivity index (χ4n) is 0.262. The molecule has 0 unspecified atom stereocenters. The molecule has 0 saturated carbocycles. The third kappa shape index (κ3) is 24.7. The highest BCUT2D eigenvalue weighted by molar-refractivity contribution is 5.86. The fraction of sp³-hybridized carbons (Fsp3) is 0.308. The van der Waals surface area contributed by atoms with Crippen LogP contribution in [0.25, 0.3) is 0 Å². The predicted octanol–water partition coefficient (Wildman–Crippen LogP) is 1.00. The third-order valence-corrected chi connectivity index (χ3v) is 1.21. The van der Waals surface area contributed by atoms with Gasteiger partial charge in [0.15, 0.2) is 0 Å². The Hall–Kier alpha value is -2.41. The minimum atomic E-state index is -0.981. The number of carboxylic acids is 2. The van der Waals surface area contributed by atoms with Crippen molar-refractivity contribution in [3.8, 4) is 0 Å². The third-order valence-electron chi connectivity index (χ3n) is 1.21. The number of carbonyl (C=O) groups is 3. The molecule has 0 aliphatic carbocycles. The summed E-state index contributed by atoms with van der Waals surface area (Å²) in [6.07, 6.45) is 0.833. The van der Waals surface area contributed by atoms with Crippen molar-refractivity contribution in [2.75, 3.05) is 13.2 Å². The van der Waals surface area contributed by atoms with E-state index in [9.17, 15) is 14.4 Å². The van der Waals surface area contributed by atoms with Gasteiger partial charge in [0.1, 0.15) is 6.61 Å². The molecule has 0 spiro atoms. The van der Waals surface area contributed by atoms with Crippen LogP contribution in [0, 0.1) is 0 Å². The standard InChI is InChI=1S/C6H10O3.C4H6O2.C3H4O2/c1-5(2)6(8)9-4-3-7;1-3(2)4(5)6;1-2-3(4)5/h7H,1,3-4H2,2H3;1H2,2H3,(H,5,6);2H,1H2,(H,4,5). The quantitative estimate of drug-likeness (QED) is 0.509. The van der Waals surface area contributed by atoms with Gasteiger partial charge >= 0.3 is 17.9 Å². The van der Waals surface area contributed by atoms with Crippen LogP contribution in [0.2, 0.25) is 0 Å². The first-order valence-electron chi connectivity index (χ1n) is 5.27. The summed E-state index contributed by atoms with van der Waals surface area (Å²) in [6, 6.07) is 0. The minimum absolute atomic E-state index is 0.0473. The number of esters is 1. The molecule has 0 radical (unpaired) electrons. The summed E-state index contributed by atoms with van der Waals surface area (Å²) >= 11 is 0. The number of rotatable bonds is 5. The number of aliphatic hydroxyl groups is 1. The Morgan fingerprint density at radius 2 is 1.45 bits per heavy atom. The highest BCUT2D eigenvalue weighted by Gasteiger charge is 1.99. The highest BCUT2D eigenvalue weighted by Crippen LogP contribution is 1.89. The van der Waals surface area contributed by atoms with Gasteiger partial charge in [0.25, 0.3) is 0 Å². The van der Waals surface area contributed by atoms with Gasteiger partial charge in [-0.15, -0.1) is 0 Å². The molecule has 0 amide bonds. The van der Waals surface area contributed by atoms with Gasteiger partial charge in [-0.2, -0.15) is 0 Å². The lowest BCUT2D eigenvalue weighted by atomic mass is 10.4. The first-order valence-corrected chi connectivity index (χ1v) is 5.27. The molecule has 0 fully saturated rings. The Labute approximate surface area is 117 Å². The van der Waals surface area contributed by atoms with Crippen LogP contribution in [0.5, 0.6) is 0 Å². The van der Waals surface area contributed by atoms with E-state index in [0.717, 1.165) is 6.08 Å². The van der Waals surface area contributed by atoms with Crippen LogP contribution in [0.1, 0.15) is 13.8 Å². The van der Waals surface area contributed by atoms with Crippen molar-refractivity contribution >= 4 is 17.9 Å². The van der Waals surface area contributed by atoms with Crippen LogP contribution in [-0.2, 0) is 19.1 Å². The molecule has 0 aromatic carbocycles. The molecule has 0 rings (SSSR count). The summed E-state index contributed by atoms with van der Waals surface area (Å²) < 4.78 is 4.46. The molecule has 7 nitrogen and oxygen atoms in total. The second-order valence-electron chi connectivity index (χ2n) is 3.27. The van der Waals surface area contributed by atoms with Crippen LogP contribution in [0.15, 0.2) is 37.0 Å². The summed E-state index contributed by atoms with van der Waals surface area (Å²) in [5, 5.41) is 23.7. The SMILES string of the molecule is C=C(C)C(=O)O.C=C(C)C(=O)OCCO.C=CC(=O)O. The number of carboxylic acid groups (broad SMARTS) is 2. The van der Waals surface area contributed by atoms with E-state index in [1.54, 1.807) is 6.92 Å². The number of hydrogen-bond acceptors (Lipinski definition) is 5. The minimum Gasteiger partial charge on any atom is -0.478 e. The average Bonchev–Trinajstić information content (AvgIpc) is 2.36. The van der Waals surface area contributed by atoms with Crippen molar-refractivity contribution in [3.63, 3.8) is 0 Å². The molecule has 0 bridgehead atoms. The maximum atomic E-state index is 10.5. The van der Waals surface area contributed by atoms with E-state index >= 15 is 0 Å². The van der Waals surface area contributed by atoms with Crippen LogP contribution in [0.3, 0.4) is 0 Å². The fourth-order valence-corrected chi connectivity index (χ4v) is 0.262. The van der Waals surface area contributed by atoms with Gasteiger partial charge in [-0.1, -0.05) is 19.7 Å². The molecule has 0 aliphatic rings. The smallest absolute Gasteiger partial charge is 0.333 e. The first kappa shape index (κ1) is 22.7. The van der Waals surface area contributed by atoms with Gasteiger partial charge in [0.05, 0.1) is 6.61 Å². The van der Waals surface area contributed by atoms with E-state index < -0.39 is 17.9 Å². The lowest BCUT2D eigenvalue weighted by molar-refractivity contribution is -0.140. The lowest BCUT2D eigenvalue weighted by Crippen LogP contribution is -2.08. The van der Waals surface area contributed by atoms with Crippen LogP contribution in [-0.4, -0.2) is 46.4 Å². The second kappa shape index (κ2) is 14.7. The van der Waals surface area contributed by atoms with Gasteiger partial charge in [0, 0.05) is 17.2 Å². The lowest BCUT2D eigenvalue weighted by Gasteiger charge is -1.99. The summed E-state index contributed by atoms with van der Waals surface area (Å²) in [5.74, 6) is -2.37. The largest absolute Gasteiger partial charge is 0.478 e. The Bertz CT molecular complexity index is 357. The Morgan fingerprint density at radius 3 is 1.60 bits per heavy atom. The molecular weight excluding hydrogens is 268 g/mol. The summed E-state index contributed by atoms with van der Waals surface area (Å²) in [5.41, 5.74) is 0.526. The first-order chi connectivity index (χ1) is 9.09. The molecule has 3 N–H and O–H groups in total. The van der Waals surface area contributed by atoms with Crippen LogP contribution >= 0.6 is 0 Å². The summed E-state index contributed by atoms with van der Waals surface area (Å²) in [4.78, 5) is 29.3. The maximum Gasteiger partial charge on any atom is 0.333 e. The molecule has 0 saturated heterocycles. The van der Waals surface area contributed by atoms with E-state index in [2.05, 4.69) is 24.5 Å². The number of aliphatic hydroxyl groups excluding tert-OH is 1. The van der Waals surface area contributed by atoms with E-state index in [-0.39, 0.29) is 18.8 Å². The Balaban J connectivity index is -0.000000230. The zero-order valence-corrected chi connectivity index (χ0v) is 11.6. The zero-order valence-electron chi connectivity index (χ0n) is 11.6. The van der Waals surface area contributed by atoms with E-state index in [1.165, 1.54) is 6.92 Å². The van der Waals surface area contributed by atoms with Crippen molar-refractivity contribution in [2.45, 2.75) is 13.8 Å². The van der Waals surface area contributed by atoms with E-state index in [0.29, 0.717) is 5.57 Å². The molecule has 20 heavy (non-hydrogen) atoms. The molecule has 0 aliphatic heterocycles. The number of carbonyl (C=O) groups excluding carboxylic acids is 1. The van der Waals surface area contributed by atoms with Crippen molar-refractivity contribution in [1.82, 2.24) is 0 Å². The summed E-state index contributed by atoms with van der Waals surface area (Å²) in [6.45, 7) is 12.4. The molecule has 0 aromatic heterocycles. The van der Waals surface area contributed by atoms with Gasteiger partial charge < -0.3 is 20.1 Å². The highest BCUT2D eigenvalue weighted by atomic mass is 16.5. The maximum absolute atomic E-state index is 10.5. The number of hydrogen-bond donors (Lipinski definition) is 3. The zero-order chi connectivity index (χ0) is 16.7. The van der Waals surface area contributed by atoms with Crippen LogP contribution in [0.4, 0.5) is 0 Å². The van der Waals surface area contributed by atoms with Crippen molar-refractivity contribution in [2.24, 2.45) is 0 Å². The molecule has 0 heterocycles. The van der Waals surface area contributed by atoms with Gasteiger partial charge in [-0.25, -0.2) is 14.4 Å². The monoisotopic (exact) mass is 288 g/mol. The predicted molar refractivity (Wildman–Crippen MR) is 73.1 cm³/mol. The van der Waals surface area contributed by atoms with Gasteiger partial charge in [-0.3, -0.25) is 0 Å². The van der Waals surface area contributed by atoms with Crippen molar-refractivity contribution in [3.05, 3.63) is 37.0 Å². The molecule has 0 atom stereocenters. The average molecular weight is 288 g/mol. The number of ether oxygens (including phenoxy) is 1. The number of aliphatic carboxylic acids is 2. The molecule has 0 aromatic rings. The summed E-state index contributed by atoms with van der Waals surface area (Å²) in [7, 11) is 0. The topological polar surface area (TPSA) is 121 Å². The Kier molecular flexibility index (Phi) is 16.7. The molecule has 114 valence electrons. The Morgan fingerprint density at radius 1 is 1.10 bits per heavy atom. The van der Waals surface area contributed by atoms with Gasteiger partial charge in [0.2, 0.25) is 0 Å². The molecule has 7 heteroatoms. The van der Waals surface area contributed by atoms with Crippen LogP contribution < -0.4 is 0 Å². The van der Waals surface area contributed by atoms with E-state index in [1.807, 2.05) is 0 Å². The molecular formula is C13H20O7. The van der Waals surface area contributed by atoms with E-state index in [4.69, 9.17) is 15.3 Å².